The second-order valence-corrected chi connectivity index (χ2v) is 16.4. The summed E-state index contributed by atoms with van der Waals surface area (Å²) < 4.78 is 25.8. The summed E-state index contributed by atoms with van der Waals surface area (Å²) >= 11 is 2.15. The van der Waals surface area contributed by atoms with E-state index in [-0.39, 0.29) is 38.3 Å². The lowest BCUT2D eigenvalue weighted by Crippen LogP contribution is -2.43. The second-order valence-electron chi connectivity index (χ2n) is 15.2. The molecule has 296 valence electrons. The van der Waals surface area contributed by atoms with Gasteiger partial charge in [-0.2, -0.15) is 0 Å². The van der Waals surface area contributed by atoms with Gasteiger partial charge in [0.05, 0.1) is 18.2 Å². The summed E-state index contributed by atoms with van der Waals surface area (Å²) in [6.45, 7) is 9.45. The zero-order valence-electron chi connectivity index (χ0n) is 32.3. The number of unbranched alkanes of at least 4 members (excludes halogenated alkanes) is 4. The number of rotatable bonds is 19. The molecule has 0 spiro atoms. The summed E-state index contributed by atoms with van der Waals surface area (Å²) in [5, 5.41) is 15.6. The van der Waals surface area contributed by atoms with Gasteiger partial charge >= 0.3 is 11.9 Å². The van der Waals surface area contributed by atoms with E-state index in [1.807, 2.05) is 12.1 Å². The molecule has 1 aliphatic carbocycles. The van der Waals surface area contributed by atoms with Crippen LogP contribution in [0.15, 0.2) is 60.2 Å². The third-order valence-corrected chi connectivity index (χ3v) is 10.1. The maximum Gasteiger partial charge on any atom is 0.338 e. The molecule has 1 saturated heterocycles. The number of nitrogens with one attached hydrogen (secondary N) is 2. The molecule has 11 nitrogen and oxygen atoms in total. The summed E-state index contributed by atoms with van der Waals surface area (Å²) in [7, 11) is 0. The predicted octanol–water partition coefficient (Wildman–Crippen LogP) is 7.32. The van der Waals surface area contributed by atoms with E-state index < -0.39 is 53.6 Å². The van der Waals surface area contributed by atoms with Gasteiger partial charge in [0.1, 0.15) is 23.9 Å². The van der Waals surface area contributed by atoms with E-state index in [0.717, 1.165) is 54.9 Å². The average Bonchev–Trinajstić information content (AvgIpc) is 3.50. The van der Waals surface area contributed by atoms with E-state index in [4.69, 9.17) is 18.9 Å². The molecule has 0 unspecified atom stereocenters. The van der Waals surface area contributed by atoms with Crippen LogP contribution < -0.4 is 10.6 Å². The third kappa shape index (κ3) is 13.2. The highest BCUT2D eigenvalue weighted by Gasteiger charge is 2.52. The number of carbonyl (C=O) groups is 4. The number of benzene rings is 2. The van der Waals surface area contributed by atoms with Crippen molar-refractivity contribution in [2.24, 2.45) is 0 Å². The molecule has 2 aromatic carbocycles. The van der Waals surface area contributed by atoms with Crippen LogP contribution in [0.4, 0.5) is 0 Å². The van der Waals surface area contributed by atoms with Crippen molar-refractivity contribution in [3.05, 3.63) is 80.4 Å². The Morgan fingerprint density at radius 2 is 1.63 bits per heavy atom. The van der Waals surface area contributed by atoms with Gasteiger partial charge in [-0.15, -0.1) is 0 Å². The molecule has 1 fully saturated rings. The maximum absolute atomic E-state index is 13.7. The Labute approximate surface area is 333 Å². The number of hydrogen-bond donors (Lipinski definition) is 3. The fourth-order valence-corrected chi connectivity index (χ4v) is 7.24. The van der Waals surface area contributed by atoms with Crippen molar-refractivity contribution in [3.63, 3.8) is 0 Å². The van der Waals surface area contributed by atoms with Crippen LogP contribution >= 0.6 is 22.6 Å². The minimum absolute atomic E-state index is 0.0495. The Kier molecular flexibility index (Phi) is 16.5. The first-order chi connectivity index (χ1) is 25.7. The minimum Gasteiger partial charge on any atom is -0.460 e. The fraction of sp³-hybridized carbons (Fsp3) is 0.571. The van der Waals surface area contributed by atoms with Gasteiger partial charge in [0.2, 0.25) is 5.91 Å². The van der Waals surface area contributed by atoms with Crippen LogP contribution in [0, 0.1) is 3.57 Å². The molecule has 0 aromatic heterocycles. The third-order valence-electron chi connectivity index (χ3n) is 9.43. The SMILES string of the molecule is CCCCCC1(CCCCC)O[C@@H]2[C@@H](C=C(C(=O)NCc3cccc(C(=O)N[C@H](CO)CCC(=O)OC(C)(C)C)c3)C[C@H]2OC(=O)c2cccc(I)c2)O1. The van der Waals surface area contributed by atoms with E-state index in [1.54, 1.807) is 63.2 Å². The second kappa shape index (κ2) is 20.5. The van der Waals surface area contributed by atoms with E-state index >= 15 is 0 Å². The van der Waals surface area contributed by atoms with Crippen molar-refractivity contribution in [1.29, 1.82) is 0 Å². The number of amides is 2. The van der Waals surface area contributed by atoms with Gasteiger partial charge < -0.3 is 34.7 Å². The lowest BCUT2D eigenvalue weighted by Gasteiger charge is -2.31. The highest BCUT2D eigenvalue weighted by Crippen LogP contribution is 2.43. The van der Waals surface area contributed by atoms with Crippen LogP contribution in [-0.4, -0.2) is 71.2 Å². The van der Waals surface area contributed by atoms with Gasteiger partial charge in [0.15, 0.2) is 5.79 Å². The molecule has 2 aromatic rings. The number of carbonyl (C=O) groups excluding carboxylic acids is 4. The molecule has 4 atom stereocenters. The topological polar surface area (TPSA) is 149 Å². The molecule has 1 heterocycles. The molecule has 0 radical (unpaired) electrons. The monoisotopic (exact) mass is 860 g/mol. The summed E-state index contributed by atoms with van der Waals surface area (Å²) in [5.74, 6) is -2.46. The van der Waals surface area contributed by atoms with Crippen molar-refractivity contribution in [2.75, 3.05) is 6.61 Å². The van der Waals surface area contributed by atoms with Crippen molar-refractivity contribution in [3.8, 4) is 0 Å². The lowest BCUT2D eigenvalue weighted by atomic mass is 9.91. The first kappa shape index (κ1) is 43.4. The first-order valence-corrected chi connectivity index (χ1v) is 20.4. The Bertz CT molecular complexity index is 1610. The van der Waals surface area contributed by atoms with Crippen LogP contribution in [-0.2, 0) is 35.1 Å². The summed E-state index contributed by atoms with van der Waals surface area (Å²) in [6.07, 6.45) is 7.90. The molecular weight excluding hydrogens is 803 g/mol. The van der Waals surface area contributed by atoms with Gasteiger partial charge in [-0.1, -0.05) is 57.7 Å². The van der Waals surface area contributed by atoms with Crippen molar-refractivity contribution in [2.45, 2.75) is 148 Å². The van der Waals surface area contributed by atoms with E-state index in [9.17, 15) is 24.3 Å². The molecule has 0 bridgehead atoms. The molecule has 4 rings (SSSR count). The number of hydrogen-bond acceptors (Lipinski definition) is 9. The van der Waals surface area contributed by atoms with Crippen molar-refractivity contribution < 1.29 is 43.2 Å². The lowest BCUT2D eigenvalue weighted by molar-refractivity contribution is -0.190. The molecular formula is C42H57IN2O9. The zero-order valence-corrected chi connectivity index (χ0v) is 34.4. The van der Waals surface area contributed by atoms with Crippen molar-refractivity contribution in [1.82, 2.24) is 10.6 Å². The van der Waals surface area contributed by atoms with Gasteiger partial charge in [-0.3, -0.25) is 14.4 Å². The van der Waals surface area contributed by atoms with E-state index in [2.05, 4.69) is 47.1 Å². The number of esters is 2. The number of fused-ring (bicyclic) bond motifs is 1. The van der Waals surface area contributed by atoms with Gasteiger partial charge in [-0.05, 0) is 105 Å². The van der Waals surface area contributed by atoms with Crippen LogP contribution in [0.3, 0.4) is 0 Å². The number of aliphatic hydroxyl groups is 1. The highest BCUT2D eigenvalue weighted by atomic mass is 127. The standard InChI is InChI=1S/C42H57IN2O9/c1-6-8-10-20-42(21-11-9-7-2)52-35-25-31(24-34(37(35)54-42)51-40(50)30-16-13-17-32(43)23-30)38(48)44-26-28-14-12-15-29(22-28)39(49)45-33(27-46)18-19-36(47)53-41(3,4)5/h12-17,22-23,25,33-35,37,46H,6-11,18-21,24,26-27H2,1-5H3,(H,44,48)(H,45,49)/t33-,34+,35+,37-/m0/s1. The normalized spacial score (nSPS) is 19.6. The number of ether oxygens (including phenoxy) is 4. The van der Waals surface area contributed by atoms with Crippen LogP contribution in [0.5, 0.6) is 0 Å². The van der Waals surface area contributed by atoms with Crippen LogP contribution in [0.1, 0.15) is 132 Å². The molecule has 54 heavy (non-hydrogen) atoms. The predicted molar refractivity (Wildman–Crippen MR) is 214 cm³/mol. The molecule has 2 amide bonds. The Morgan fingerprint density at radius 1 is 0.944 bits per heavy atom. The van der Waals surface area contributed by atoms with E-state index in [0.29, 0.717) is 22.3 Å². The highest BCUT2D eigenvalue weighted by molar-refractivity contribution is 14.1. The van der Waals surface area contributed by atoms with Crippen molar-refractivity contribution >= 4 is 46.3 Å². The molecule has 1 aliphatic heterocycles. The largest absolute Gasteiger partial charge is 0.460 e. The van der Waals surface area contributed by atoms with E-state index in [1.165, 1.54) is 0 Å². The zero-order chi connectivity index (χ0) is 39.3. The van der Waals surface area contributed by atoms with Crippen LogP contribution in [0.25, 0.3) is 0 Å². The smallest absolute Gasteiger partial charge is 0.338 e. The maximum atomic E-state index is 13.7. The van der Waals surface area contributed by atoms with Gasteiger partial charge in [0.25, 0.3) is 5.91 Å². The fourth-order valence-electron chi connectivity index (χ4n) is 6.70. The number of halogens is 1. The van der Waals surface area contributed by atoms with Gasteiger partial charge in [-0.25, -0.2) is 4.79 Å². The quantitative estimate of drug-likeness (QED) is 0.0751. The molecule has 0 saturated carbocycles. The first-order valence-electron chi connectivity index (χ1n) is 19.3. The molecule has 2 aliphatic rings. The summed E-state index contributed by atoms with van der Waals surface area (Å²) in [5.41, 5.74) is 1.27. The summed E-state index contributed by atoms with van der Waals surface area (Å²) in [6, 6.07) is 13.4. The average molecular weight is 861 g/mol. The Morgan fingerprint density at radius 3 is 2.28 bits per heavy atom. The molecule has 3 N–H and O–H groups in total. The molecule has 12 heteroatoms. The Hall–Kier alpha value is -3.33. The minimum atomic E-state index is -0.819. The van der Waals surface area contributed by atoms with Gasteiger partial charge in [0, 0.05) is 46.9 Å². The number of aliphatic hydroxyl groups excluding tert-OH is 1. The summed E-state index contributed by atoms with van der Waals surface area (Å²) in [4.78, 5) is 52.4. The Balaban J connectivity index is 1.46. The van der Waals surface area contributed by atoms with Crippen LogP contribution in [0.2, 0.25) is 0 Å².